The molecule has 0 radical (unpaired) electrons. The lowest BCUT2D eigenvalue weighted by molar-refractivity contribution is -0.161. The molecule has 21 heavy (non-hydrogen) atoms. The summed E-state index contributed by atoms with van der Waals surface area (Å²) in [4.78, 5) is 24.9. The van der Waals surface area contributed by atoms with Gasteiger partial charge in [0.2, 0.25) is 0 Å². The van der Waals surface area contributed by atoms with E-state index in [-0.39, 0.29) is 0 Å². The Morgan fingerprint density at radius 2 is 1.62 bits per heavy atom. The number of nitrogens with zero attached hydrogens (tertiary/aromatic N) is 1. The quantitative estimate of drug-likeness (QED) is 0.907. The normalized spacial score (nSPS) is 11.9. The Bertz CT molecular complexity index is 537. The van der Waals surface area contributed by atoms with Crippen molar-refractivity contribution in [2.45, 2.75) is 38.8 Å². The van der Waals surface area contributed by atoms with Gasteiger partial charge in [-0.3, -0.25) is 4.79 Å². The highest BCUT2D eigenvalue weighted by Crippen LogP contribution is 2.24. The molecule has 0 unspecified atom stereocenters. The molecule has 5 nitrogen and oxygen atoms in total. The number of hydrogen-bond donors (Lipinski definition) is 1. The van der Waals surface area contributed by atoms with Crippen molar-refractivity contribution in [2.75, 3.05) is 7.05 Å². The number of halogens is 1. The van der Waals surface area contributed by atoms with Crippen LogP contribution in [0.15, 0.2) is 24.3 Å². The molecule has 1 aromatic rings. The van der Waals surface area contributed by atoms with E-state index in [1.54, 1.807) is 38.1 Å². The molecule has 1 amide bonds. The maximum Gasteiger partial charge on any atom is 0.329 e. The van der Waals surface area contributed by atoms with Gasteiger partial charge in [-0.15, -0.1) is 0 Å². The van der Waals surface area contributed by atoms with Crippen LogP contribution in [0.2, 0.25) is 5.02 Å². The molecule has 1 rings (SSSR count). The molecule has 116 valence electrons. The van der Waals surface area contributed by atoms with Gasteiger partial charge in [0.05, 0.1) is 0 Å². The van der Waals surface area contributed by atoms with Crippen molar-refractivity contribution in [3.63, 3.8) is 0 Å². The third-order valence-electron chi connectivity index (χ3n) is 3.37. The Balaban J connectivity index is 2.93. The van der Waals surface area contributed by atoms with Crippen LogP contribution in [0.1, 0.15) is 27.7 Å². The number of aliphatic carboxylic acids is 1. The number of ether oxygens (including phenoxy) is 1. The van der Waals surface area contributed by atoms with Crippen LogP contribution in [0.3, 0.4) is 0 Å². The van der Waals surface area contributed by atoms with Gasteiger partial charge in [0.1, 0.15) is 11.3 Å². The summed E-state index contributed by atoms with van der Waals surface area (Å²) in [6, 6.07) is 6.62. The van der Waals surface area contributed by atoms with Gasteiger partial charge >= 0.3 is 5.97 Å². The monoisotopic (exact) mass is 313 g/mol. The summed E-state index contributed by atoms with van der Waals surface area (Å²) in [6.45, 7) is 6.12. The zero-order valence-electron chi connectivity index (χ0n) is 12.8. The maximum atomic E-state index is 12.5. The molecule has 0 saturated heterocycles. The number of likely N-dealkylation sites (N-methyl/N-ethyl adjacent to an activating group) is 1. The highest BCUT2D eigenvalue weighted by Gasteiger charge is 2.42. The first-order chi connectivity index (χ1) is 9.48. The maximum absolute atomic E-state index is 12.5. The number of carbonyl (C=O) groups is 2. The summed E-state index contributed by atoms with van der Waals surface area (Å²) in [5, 5.41) is 9.76. The Kier molecular flexibility index (Phi) is 4.89. The van der Waals surface area contributed by atoms with Crippen LogP contribution in [0.5, 0.6) is 5.75 Å². The van der Waals surface area contributed by atoms with Crippen molar-refractivity contribution < 1.29 is 19.4 Å². The highest BCUT2D eigenvalue weighted by molar-refractivity contribution is 6.30. The summed E-state index contributed by atoms with van der Waals surface area (Å²) in [5.74, 6) is -1.02. The fourth-order valence-corrected chi connectivity index (χ4v) is 1.77. The van der Waals surface area contributed by atoms with Crippen molar-refractivity contribution in [1.29, 1.82) is 0 Å². The topological polar surface area (TPSA) is 66.8 Å². The molecular formula is C15H20ClNO4. The highest BCUT2D eigenvalue weighted by atomic mass is 35.5. The summed E-state index contributed by atoms with van der Waals surface area (Å²) in [6.07, 6.45) is 0. The largest absolute Gasteiger partial charge is 0.480 e. The first kappa shape index (κ1) is 17.3. The average molecular weight is 314 g/mol. The van der Waals surface area contributed by atoms with E-state index in [2.05, 4.69) is 0 Å². The van der Waals surface area contributed by atoms with E-state index < -0.39 is 23.0 Å². The second-order valence-electron chi connectivity index (χ2n) is 5.79. The molecule has 0 bridgehead atoms. The van der Waals surface area contributed by atoms with E-state index in [1.165, 1.54) is 25.8 Å². The van der Waals surface area contributed by atoms with Gasteiger partial charge in [0.25, 0.3) is 5.91 Å². The number of hydrogen-bond acceptors (Lipinski definition) is 3. The molecule has 0 saturated carbocycles. The first-order valence-corrected chi connectivity index (χ1v) is 6.82. The fraction of sp³-hybridized carbons (Fsp3) is 0.467. The molecule has 0 fully saturated rings. The van der Waals surface area contributed by atoms with Gasteiger partial charge in [0, 0.05) is 12.1 Å². The summed E-state index contributed by atoms with van der Waals surface area (Å²) < 4.78 is 5.67. The lowest BCUT2D eigenvalue weighted by Crippen LogP contribution is -2.57. The van der Waals surface area contributed by atoms with Gasteiger partial charge in [0.15, 0.2) is 5.60 Å². The van der Waals surface area contributed by atoms with Crippen LogP contribution < -0.4 is 4.74 Å². The number of amides is 1. The Morgan fingerprint density at radius 1 is 1.14 bits per heavy atom. The molecule has 0 heterocycles. The molecule has 6 heteroatoms. The number of rotatable bonds is 5. The number of carboxylic acids is 1. The molecule has 1 N–H and O–H groups in total. The van der Waals surface area contributed by atoms with E-state index in [1.807, 2.05) is 0 Å². The van der Waals surface area contributed by atoms with Crippen molar-refractivity contribution in [2.24, 2.45) is 0 Å². The third-order valence-corrected chi connectivity index (χ3v) is 3.62. The first-order valence-electron chi connectivity index (χ1n) is 6.44. The van der Waals surface area contributed by atoms with Crippen LogP contribution in [0, 0.1) is 0 Å². The van der Waals surface area contributed by atoms with Gasteiger partial charge in [-0.25, -0.2) is 4.79 Å². The summed E-state index contributed by atoms with van der Waals surface area (Å²) in [5.41, 5.74) is -2.52. The minimum atomic E-state index is -1.32. The predicted molar refractivity (Wildman–Crippen MR) is 80.6 cm³/mol. The van der Waals surface area contributed by atoms with Crippen LogP contribution in [0.4, 0.5) is 0 Å². The Hall–Kier alpha value is -1.75. The summed E-state index contributed by atoms with van der Waals surface area (Å²) >= 11 is 5.79. The molecule has 0 aliphatic carbocycles. The van der Waals surface area contributed by atoms with Gasteiger partial charge in [-0.1, -0.05) is 11.6 Å². The molecule has 0 spiro atoms. The number of benzene rings is 1. The predicted octanol–water partition coefficient (Wildman–Crippen LogP) is 2.82. The van der Waals surface area contributed by atoms with Gasteiger partial charge in [-0.2, -0.15) is 0 Å². The van der Waals surface area contributed by atoms with E-state index in [9.17, 15) is 14.7 Å². The van der Waals surface area contributed by atoms with Crippen molar-refractivity contribution >= 4 is 23.5 Å². The van der Waals surface area contributed by atoms with Gasteiger partial charge < -0.3 is 14.7 Å². The van der Waals surface area contributed by atoms with Crippen LogP contribution in [-0.2, 0) is 9.59 Å². The fourth-order valence-electron chi connectivity index (χ4n) is 1.64. The Labute approximate surface area is 129 Å². The van der Waals surface area contributed by atoms with E-state index >= 15 is 0 Å². The standard InChI is InChI=1S/C15H20ClNO4/c1-14(2,13(19)20)17(5)12(18)15(3,4)21-11-8-6-10(16)7-9-11/h6-9H,1-5H3,(H,19,20). The SMILES string of the molecule is CN(C(=O)C(C)(C)Oc1ccc(Cl)cc1)C(C)(C)C(=O)O. The lowest BCUT2D eigenvalue weighted by atomic mass is 9.99. The average Bonchev–Trinajstić information content (AvgIpc) is 2.39. The van der Waals surface area contributed by atoms with Crippen molar-refractivity contribution in [3.8, 4) is 5.75 Å². The smallest absolute Gasteiger partial charge is 0.329 e. The van der Waals surface area contributed by atoms with Crippen LogP contribution in [0.25, 0.3) is 0 Å². The minimum absolute atomic E-state index is 0.426. The van der Waals surface area contributed by atoms with E-state index in [0.29, 0.717) is 10.8 Å². The second-order valence-corrected chi connectivity index (χ2v) is 6.23. The molecule has 0 aliphatic heterocycles. The van der Waals surface area contributed by atoms with Crippen molar-refractivity contribution in [1.82, 2.24) is 4.90 Å². The molecule has 0 aliphatic rings. The number of carbonyl (C=O) groups excluding carboxylic acids is 1. The molecule has 1 aromatic carbocycles. The van der Waals surface area contributed by atoms with Crippen LogP contribution in [-0.4, -0.2) is 40.1 Å². The molecule has 0 atom stereocenters. The minimum Gasteiger partial charge on any atom is -0.480 e. The van der Waals surface area contributed by atoms with Crippen LogP contribution >= 0.6 is 11.6 Å². The molecular weight excluding hydrogens is 294 g/mol. The third kappa shape index (κ3) is 3.88. The number of carboxylic acid groups (broad SMARTS) is 1. The zero-order chi connectivity index (χ0) is 16.4. The molecule has 0 aromatic heterocycles. The Morgan fingerprint density at radius 3 is 2.05 bits per heavy atom. The van der Waals surface area contributed by atoms with E-state index in [0.717, 1.165) is 0 Å². The lowest BCUT2D eigenvalue weighted by Gasteiger charge is -2.37. The van der Waals surface area contributed by atoms with Gasteiger partial charge in [-0.05, 0) is 52.0 Å². The van der Waals surface area contributed by atoms with E-state index in [4.69, 9.17) is 16.3 Å². The van der Waals surface area contributed by atoms with Crippen molar-refractivity contribution in [3.05, 3.63) is 29.3 Å². The summed E-state index contributed by atoms with van der Waals surface area (Å²) in [7, 11) is 1.45. The second kappa shape index (κ2) is 5.93. The zero-order valence-corrected chi connectivity index (χ0v) is 13.6.